The van der Waals surface area contributed by atoms with Crippen LogP contribution in [0.25, 0.3) is 101 Å². The van der Waals surface area contributed by atoms with Crippen LogP contribution in [0.1, 0.15) is 97.2 Å². The molecule has 0 amide bonds. The molecule has 0 heterocycles. The van der Waals surface area contributed by atoms with Crippen LogP contribution in [0.3, 0.4) is 0 Å². The van der Waals surface area contributed by atoms with E-state index in [1.54, 1.807) is 0 Å². The molecule has 0 saturated carbocycles. The largest absolute Gasteiger partial charge is 0.310 e. The van der Waals surface area contributed by atoms with Crippen LogP contribution in [0.4, 0.5) is 34.1 Å². The van der Waals surface area contributed by atoms with Gasteiger partial charge in [0.1, 0.15) is 0 Å². The van der Waals surface area contributed by atoms with Crippen LogP contribution in [0.2, 0.25) is 0 Å². The first-order valence-corrected chi connectivity index (χ1v) is 33.4. The summed E-state index contributed by atoms with van der Waals surface area (Å²) in [6, 6.07) is 113. The summed E-state index contributed by atoms with van der Waals surface area (Å²) in [5.41, 5.74) is 31.9. The van der Waals surface area contributed by atoms with Gasteiger partial charge in [0.15, 0.2) is 0 Å². The van der Waals surface area contributed by atoms with E-state index < -0.39 is 0 Å². The number of para-hydroxylation sites is 2. The van der Waals surface area contributed by atoms with E-state index in [0.29, 0.717) is 0 Å². The molecule has 2 heteroatoms. The summed E-state index contributed by atoms with van der Waals surface area (Å²) in [6.07, 6.45) is 9.19. The topological polar surface area (TPSA) is 6.48 Å². The standard InChI is InChI=1S/C93H72N2/c1-91(2)85-53-61(25-27-63-31-49-81-83-51-45-77(59-89(83)92(3,4)87(81)55-63)94(73-21-9-7-10-22-73)75-41-37-67(38-42-75)71-35-33-65-17-13-15-19-69(65)57-71)29-47-79(85)80-48-30-62(54-86(80)91)26-28-64-32-50-82-84-52-46-78(60-90(84)93(5,6)88(82)56-64)95(74-23-11-8-12-24-74)76-43-39-68(40-44-76)72-36-34-66-18-14-16-20-70(66)58-72/h7-60H,1-6H3/b27-25+,28-26+. The molecule has 0 radical (unpaired) electrons. The Kier molecular flexibility index (Phi) is 13.6. The molecule has 0 spiro atoms. The molecule has 2 nitrogen and oxygen atoms in total. The van der Waals surface area contributed by atoms with E-state index >= 15 is 0 Å². The maximum atomic E-state index is 2.43. The Morgan fingerprint density at radius 3 is 0.779 bits per heavy atom. The molecule has 95 heavy (non-hydrogen) atoms. The van der Waals surface area contributed by atoms with Crippen molar-refractivity contribution in [3.8, 4) is 55.6 Å². The number of rotatable bonds is 12. The fraction of sp³-hybridized carbons (Fsp3) is 0.0968. The first-order chi connectivity index (χ1) is 46.3. The highest BCUT2D eigenvalue weighted by molar-refractivity contribution is 5.93. The first-order valence-electron chi connectivity index (χ1n) is 33.4. The molecule has 3 aliphatic carbocycles. The van der Waals surface area contributed by atoms with Gasteiger partial charge in [-0.25, -0.2) is 0 Å². The second-order valence-electron chi connectivity index (χ2n) is 27.8. The normalized spacial score (nSPS) is 14.2. The van der Waals surface area contributed by atoms with Gasteiger partial charge in [0.25, 0.3) is 0 Å². The molecule has 3 aliphatic rings. The Labute approximate surface area is 558 Å². The minimum absolute atomic E-state index is 0.169. The zero-order valence-corrected chi connectivity index (χ0v) is 54.6. The molecule has 0 aliphatic heterocycles. The van der Waals surface area contributed by atoms with Crippen molar-refractivity contribution in [2.45, 2.75) is 57.8 Å². The van der Waals surface area contributed by atoms with E-state index in [-0.39, 0.29) is 16.2 Å². The second kappa shape index (κ2) is 22.5. The van der Waals surface area contributed by atoms with Crippen molar-refractivity contribution in [1.29, 1.82) is 0 Å². The van der Waals surface area contributed by atoms with Gasteiger partial charge in [-0.1, -0.05) is 284 Å². The average Bonchev–Trinajstić information content (AvgIpc) is 1.60. The molecule has 14 aromatic carbocycles. The quantitative estimate of drug-likeness (QED) is 0.113. The van der Waals surface area contributed by atoms with Gasteiger partial charge in [-0.3, -0.25) is 0 Å². The number of benzene rings is 14. The van der Waals surface area contributed by atoms with Gasteiger partial charge in [0.05, 0.1) is 0 Å². The Hall–Kier alpha value is -11.3. The lowest BCUT2D eigenvalue weighted by atomic mass is 9.81. The molecule has 0 N–H and O–H groups in total. The fourth-order valence-electron chi connectivity index (χ4n) is 15.7. The van der Waals surface area contributed by atoms with E-state index in [2.05, 4.69) is 379 Å². The van der Waals surface area contributed by atoms with Gasteiger partial charge in [-0.15, -0.1) is 0 Å². The van der Waals surface area contributed by atoms with E-state index in [1.807, 2.05) is 0 Å². The third kappa shape index (κ3) is 9.94. The molecule has 0 saturated heterocycles. The lowest BCUT2D eigenvalue weighted by Gasteiger charge is -2.28. The highest BCUT2D eigenvalue weighted by atomic mass is 15.1. The molecule has 0 bridgehead atoms. The SMILES string of the molecule is CC1(C)c2cc(/C=C/c3ccc4c(c3)C(C)(C)c3cc(N(c5ccccc5)c5ccc(-c6ccc7ccccc7c6)cc5)ccc3-4)ccc2-c2ccc(/C=C/c3ccc4c(c3)C(C)(C)c3cc(N(c5ccccc5)c5ccc(-c6ccc7ccccc7c6)cc5)ccc3-4)cc21. The Morgan fingerprint density at radius 1 is 0.200 bits per heavy atom. The highest BCUT2D eigenvalue weighted by Crippen LogP contribution is 2.54. The number of anilines is 6. The average molecular weight is 1220 g/mol. The Morgan fingerprint density at radius 2 is 0.453 bits per heavy atom. The maximum Gasteiger partial charge on any atom is 0.0465 e. The van der Waals surface area contributed by atoms with Gasteiger partial charge in [-0.2, -0.15) is 0 Å². The van der Waals surface area contributed by atoms with Gasteiger partial charge >= 0.3 is 0 Å². The zero-order valence-electron chi connectivity index (χ0n) is 54.6. The smallest absolute Gasteiger partial charge is 0.0465 e. The van der Waals surface area contributed by atoms with E-state index in [1.165, 1.54) is 133 Å². The summed E-state index contributed by atoms with van der Waals surface area (Å²) < 4.78 is 0. The molecule has 17 rings (SSSR count). The van der Waals surface area contributed by atoms with Gasteiger partial charge in [0, 0.05) is 50.4 Å². The van der Waals surface area contributed by atoms with Crippen LogP contribution >= 0.6 is 0 Å². The van der Waals surface area contributed by atoms with Crippen molar-refractivity contribution < 1.29 is 0 Å². The predicted octanol–water partition coefficient (Wildman–Crippen LogP) is 25.5. The van der Waals surface area contributed by atoms with Crippen LogP contribution in [0, 0.1) is 0 Å². The third-order valence-corrected chi connectivity index (χ3v) is 21.0. The van der Waals surface area contributed by atoms with Crippen LogP contribution in [0.5, 0.6) is 0 Å². The van der Waals surface area contributed by atoms with E-state index in [9.17, 15) is 0 Å². The molecule has 14 aromatic rings. The Bertz CT molecular complexity index is 5090. The summed E-state index contributed by atoms with van der Waals surface area (Å²) >= 11 is 0. The lowest BCUT2D eigenvalue weighted by Crippen LogP contribution is -2.16. The molecular formula is C93H72N2. The van der Waals surface area contributed by atoms with Gasteiger partial charge < -0.3 is 9.80 Å². The van der Waals surface area contributed by atoms with E-state index in [0.717, 1.165) is 34.1 Å². The number of fused-ring (bicyclic) bond motifs is 11. The van der Waals surface area contributed by atoms with Gasteiger partial charge in [0.2, 0.25) is 0 Å². The number of nitrogens with zero attached hydrogens (tertiary/aromatic N) is 2. The molecule has 454 valence electrons. The van der Waals surface area contributed by atoms with Crippen LogP contribution in [-0.4, -0.2) is 0 Å². The molecule has 0 atom stereocenters. The van der Waals surface area contributed by atoms with Crippen molar-refractivity contribution in [2.24, 2.45) is 0 Å². The van der Waals surface area contributed by atoms with Crippen molar-refractivity contribution in [2.75, 3.05) is 9.80 Å². The molecule has 0 aromatic heterocycles. The predicted molar refractivity (Wildman–Crippen MR) is 405 cm³/mol. The molecule has 0 unspecified atom stereocenters. The van der Waals surface area contributed by atoms with Crippen molar-refractivity contribution in [1.82, 2.24) is 0 Å². The Balaban J connectivity index is 0.593. The van der Waals surface area contributed by atoms with Crippen LogP contribution in [-0.2, 0) is 16.2 Å². The van der Waals surface area contributed by atoms with Crippen molar-refractivity contribution >= 4 is 80.0 Å². The van der Waals surface area contributed by atoms with Crippen molar-refractivity contribution in [3.63, 3.8) is 0 Å². The minimum Gasteiger partial charge on any atom is -0.310 e. The fourth-order valence-corrected chi connectivity index (χ4v) is 15.7. The summed E-state index contributed by atoms with van der Waals surface area (Å²) in [5.74, 6) is 0. The van der Waals surface area contributed by atoms with Crippen LogP contribution < -0.4 is 9.80 Å². The highest BCUT2D eigenvalue weighted by Gasteiger charge is 2.39. The first kappa shape index (κ1) is 57.6. The summed E-state index contributed by atoms with van der Waals surface area (Å²) in [7, 11) is 0. The van der Waals surface area contributed by atoms with Crippen LogP contribution in [0.15, 0.2) is 303 Å². The minimum atomic E-state index is -0.206. The number of hydrogen-bond acceptors (Lipinski definition) is 2. The second-order valence-corrected chi connectivity index (χ2v) is 27.8. The molecule has 0 fully saturated rings. The van der Waals surface area contributed by atoms with E-state index in [4.69, 9.17) is 0 Å². The summed E-state index contributed by atoms with van der Waals surface area (Å²) in [5, 5.41) is 5.02. The maximum absolute atomic E-state index is 2.43. The zero-order chi connectivity index (χ0) is 64.2. The summed E-state index contributed by atoms with van der Waals surface area (Å²) in [4.78, 5) is 4.78. The number of hydrogen-bond donors (Lipinski definition) is 0. The third-order valence-electron chi connectivity index (χ3n) is 21.0. The summed E-state index contributed by atoms with van der Waals surface area (Å²) in [6.45, 7) is 14.3. The lowest BCUT2D eigenvalue weighted by molar-refractivity contribution is 0.660. The van der Waals surface area contributed by atoms with Crippen molar-refractivity contribution in [3.05, 3.63) is 359 Å². The van der Waals surface area contributed by atoms with Gasteiger partial charge in [-0.05, 0) is 218 Å². The molecular weight excluding hydrogens is 1150 g/mol. The monoisotopic (exact) mass is 1220 g/mol.